The second kappa shape index (κ2) is 6.12. The molecule has 1 aliphatic carbocycles. The highest BCUT2D eigenvalue weighted by Gasteiger charge is 2.27. The second-order valence-electron chi connectivity index (χ2n) is 4.33. The third-order valence-electron chi connectivity index (χ3n) is 3.14. The van der Waals surface area contributed by atoms with Gasteiger partial charge in [0.1, 0.15) is 5.01 Å². The topological polar surface area (TPSA) is 51.2 Å². The highest BCUT2D eigenvalue weighted by molar-refractivity contribution is 7.09. The molecule has 0 aromatic carbocycles. The monoisotopic (exact) mass is 254 g/mol. The van der Waals surface area contributed by atoms with E-state index in [0.717, 1.165) is 17.8 Å². The lowest BCUT2D eigenvalue weighted by Crippen LogP contribution is -2.38. The van der Waals surface area contributed by atoms with E-state index in [1.165, 1.54) is 37.7 Å². The van der Waals surface area contributed by atoms with Crippen molar-refractivity contribution < 1.29 is 9.53 Å². The van der Waals surface area contributed by atoms with Crippen LogP contribution in [0.25, 0.3) is 0 Å². The van der Waals surface area contributed by atoms with Crippen LogP contribution in [-0.2, 0) is 9.53 Å². The number of esters is 1. The summed E-state index contributed by atoms with van der Waals surface area (Å²) in [7, 11) is 1.42. The van der Waals surface area contributed by atoms with Gasteiger partial charge in [0.25, 0.3) is 0 Å². The van der Waals surface area contributed by atoms with Gasteiger partial charge in [-0.05, 0) is 12.8 Å². The highest BCUT2D eigenvalue weighted by Crippen LogP contribution is 2.23. The summed E-state index contributed by atoms with van der Waals surface area (Å²) >= 11 is 1.49. The Balaban J connectivity index is 2.02. The molecular weight excluding hydrogens is 236 g/mol. The number of hydrogen-bond donors (Lipinski definition) is 1. The lowest BCUT2D eigenvalue weighted by atomic mass is 9.95. The molecule has 94 valence electrons. The summed E-state index contributed by atoms with van der Waals surface area (Å²) < 4.78 is 4.84. The summed E-state index contributed by atoms with van der Waals surface area (Å²) in [5, 5.41) is 6.06. The molecule has 5 heteroatoms. The Bertz CT molecular complexity index is 347. The molecule has 1 unspecified atom stereocenters. The molecule has 0 bridgehead atoms. The number of ether oxygens (including phenoxy) is 1. The van der Waals surface area contributed by atoms with Gasteiger partial charge >= 0.3 is 5.97 Å². The molecule has 0 aliphatic heterocycles. The number of rotatable bonds is 4. The first-order chi connectivity index (χ1) is 8.31. The lowest BCUT2D eigenvalue weighted by molar-refractivity contribution is -0.143. The van der Waals surface area contributed by atoms with E-state index in [1.807, 2.05) is 5.38 Å². The molecule has 4 nitrogen and oxygen atoms in total. The minimum absolute atomic E-state index is 0.245. The summed E-state index contributed by atoms with van der Waals surface area (Å²) in [6.45, 7) is 0. The van der Waals surface area contributed by atoms with Gasteiger partial charge in [-0.15, -0.1) is 11.3 Å². The van der Waals surface area contributed by atoms with Crippen molar-refractivity contribution in [1.82, 2.24) is 10.3 Å². The molecule has 1 heterocycles. The standard InChI is InChI=1S/C12H18N2O2S/c1-16-12(15)10(11-13-7-8-17-11)14-9-5-3-2-4-6-9/h7-10,14H,2-6H2,1H3. The Morgan fingerprint density at radius 2 is 2.29 bits per heavy atom. The van der Waals surface area contributed by atoms with Gasteiger partial charge in [0.2, 0.25) is 0 Å². The van der Waals surface area contributed by atoms with E-state index >= 15 is 0 Å². The van der Waals surface area contributed by atoms with Crippen LogP contribution in [0.5, 0.6) is 0 Å². The van der Waals surface area contributed by atoms with Gasteiger partial charge in [-0.1, -0.05) is 19.3 Å². The van der Waals surface area contributed by atoms with Crippen LogP contribution in [0.3, 0.4) is 0 Å². The number of aromatic nitrogens is 1. The summed E-state index contributed by atoms with van der Waals surface area (Å²) in [5.41, 5.74) is 0. The maximum atomic E-state index is 11.8. The molecule has 1 aromatic rings. The van der Waals surface area contributed by atoms with Crippen molar-refractivity contribution in [3.05, 3.63) is 16.6 Å². The molecule has 1 saturated carbocycles. The molecule has 2 rings (SSSR count). The number of nitrogens with one attached hydrogen (secondary N) is 1. The molecule has 0 spiro atoms. The van der Waals surface area contributed by atoms with Crippen LogP contribution in [0.15, 0.2) is 11.6 Å². The molecule has 0 amide bonds. The molecule has 1 aliphatic rings. The minimum atomic E-state index is -0.400. The zero-order valence-corrected chi connectivity index (χ0v) is 10.8. The maximum Gasteiger partial charge on any atom is 0.330 e. The number of carbonyl (C=O) groups is 1. The van der Waals surface area contributed by atoms with E-state index in [4.69, 9.17) is 4.74 Å². The number of carbonyl (C=O) groups excluding carboxylic acids is 1. The Labute approximate surface area is 105 Å². The quantitative estimate of drug-likeness (QED) is 0.838. The SMILES string of the molecule is COC(=O)C(NC1CCCCC1)c1nccs1. The van der Waals surface area contributed by atoms with Crippen molar-refractivity contribution in [3.8, 4) is 0 Å². The Morgan fingerprint density at radius 1 is 1.53 bits per heavy atom. The number of methoxy groups -OCH3 is 1. The number of hydrogen-bond acceptors (Lipinski definition) is 5. The average molecular weight is 254 g/mol. The van der Waals surface area contributed by atoms with Crippen molar-refractivity contribution in [1.29, 1.82) is 0 Å². The van der Waals surface area contributed by atoms with Gasteiger partial charge in [-0.2, -0.15) is 0 Å². The molecule has 0 radical (unpaired) electrons. The van der Waals surface area contributed by atoms with Crippen LogP contribution in [0.4, 0.5) is 0 Å². The second-order valence-corrected chi connectivity index (χ2v) is 5.25. The first-order valence-corrected chi connectivity index (χ1v) is 6.92. The summed E-state index contributed by atoms with van der Waals surface area (Å²) in [6, 6.07) is 0.0137. The van der Waals surface area contributed by atoms with Crippen molar-refractivity contribution in [2.75, 3.05) is 7.11 Å². The van der Waals surface area contributed by atoms with Crippen molar-refractivity contribution in [2.45, 2.75) is 44.2 Å². The number of nitrogens with zero attached hydrogens (tertiary/aromatic N) is 1. The zero-order chi connectivity index (χ0) is 12.1. The third-order valence-corrected chi connectivity index (χ3v) is 3.98. The molecule has 17 heavy (non-hydrogen) atoms. The van der Waals surface area contributed by atoms with E-state index < -0.39 is 6.04 Å². The van der Waals surface area contributed by atoms with Crippen LogP contribution in [0.1, 0.15) is 43.2 Å². The van der Waals surface area contributed by atoms with Gasteiger partial charge in [-0.3, -0.25) is 5.32 Å². The normalized spacial score (nSPS) is 18.9. The van der Waals surface area contributed by atoms with Crippen LogP contribution >= 0.6 is 11.3 Å². The molecule has 1 aromatic heterocycles. The molecule has 1 atom stereocenters. The highest BCUT2D eigenvalue weighted by atomic mass is 32.1. The summed E-state index contributed by atoms with van der Waals surface area (Å²) in [4.78, 5) is 16.0. The fourth-order valence-electron chi connectivity index (χ4n) is 2.24. The van der Waals surface area contributed by atoms with Gasteiger partial charge in [0.05, 0.1) is 7.11 Å². The molecule has 0 saturated heterocycles. The predicted molar refractivity (Wildman–Crippen MR) is 66.9 cm³/mol. The predicted octanol–water partition coefficient (Wildman–Crippen LogP) is 2.28. The average Bonchev–Trinajstić information content (AvgIpc) is 2.90. The largest absolute Gasteiger partial charge is 0.468 e. The Morgan fingerprint density at radius 3 is 2.88 bits per heavy atom. The van der Waals surface area contributed by atoms with E-state index in [1.54, 1.807) is 6.20 Å². The first-order valence-electron chi connectivity index (χ1n) is 6.04. The summed E-state index contributed by atoms with van der Waals surface area (Å²) in [5.74, 6) is -0.245. The van der Waals surface area contributed by atoms with Crippen molar-refractivity contribution in [2.24, 2.45) is 0 Å². The third kappa shape index (κ3) is 3.26. The van der Waals surface area contributed by atoms with E-state index in [0.29, 0.717) is 6.04 Å². The fraction of sp³-hybridized carbons (Fsp3) is 0.667. The molecular formula is C12H18N2O2S. The first kappa shape index (κ1) is 12.5. The molecule has 1 fully saturated rings. The summed E-state index contributed by atoms with van der Waals surface area (Å²) in [6.07, 6.45) is 7.78. The van der Waals surface area contributed by atoms with Crippen LogP contribution in [0, 0.1) is 0 Å². The van der Waals surface area contributed by atoms with Gasteiger partial charge < -0.3 is 4.74 Å². The van der Waals surface area contributed by atoms with Gasteiger partial charge in [0, 0.05) is 17.6 Å². The lowest BCUT2D eigenvalue weighted by Gasteiger charge is -2.26. The van der Waals surface area contributed by atoms with Crippen LogP contribution < -0.4 is 5.32 Å². The Kier molecular flexibility index (Phi) is 4.50. The smallest absolute Gasteiger partial charge is 0.330 e. The van der Waals surface area contributed by atoms with E-state index in [9.17, 15) is 4.79 Å². The van der Waals surface area contributed by atoms with Crippen molar-refractivity contribution >= 4 is 17.3 Å². The minimum Gasteiger partial charge on any atom is -0.468 e. The van der Waals surface area contributed by atoms with Crippen molar-refractivity contribution in [3.63, 3.8) is 0 Å². The van der Waals surface area contributed by atoms with Crippen LogP contribution in [-0.4, -0.2) is 24.1 Å². The van der Waals surface area contributed by atoms with Crippen LogP contribution in [0.2, 0.25) is 0 Å². The van der Waals surface area contributed by atoms with E-state index in [2.05, 4.69) is 10.3 Å². The number of thiazole rings is 1. The fourth-order valence-corrected chi connectivity index (χ4v) is 2.92. The van der Waals surface area contributed by atoms with E-state index in [-0.39, 0.29) is 5.97 Å². The molecule has 1 N–H and O–H groups in total. The maximum absolute atomic E-state index is 11.8. The zero-order valence-electron chi connectivity index (χ0n) is 10.0. The van der Waals surface area contributed by atoms with Gasteiger partial charge in [0.15, 0.2) is 6.04 Å². The van der Waals surface area contributed by atoms with Gasteiger partial charge in [-0.25, -0.2) is 9.78 Å². The Hall–Kier alpha value is -0.940.